The molecule has 3 aromatic rings. The minimum Gasteiger partial charge on any atom is -0.370 e. The lowest BCUT2D eigenvalue weighted by atomic mass is 10.2. The number of aromatic nitrogens is 3. The van der Waals surface area contributed by atoms with E-state index >= 15 is 0 Å². The summed E-state index contributed by atoms with van der Waals surface area (Å²) in [7, 11) is 1.62. The second-order valence-corrected chi connectivity index (χ2v) is 7.83. The van der Waals surface area contributed by atoms with E-state index < -0.39 is 16.7 Å². The number of nitrogens with one attached hydrogen (secondary N) is 5. The van der Waals surface area contributed by atoms with Gasteiger partial charge in [-0.2, -0.15) is 0 Å². The molecule has 36 heavy (non-hydrogen) atoms. The van der Waals surface area contributed by atoms with E-state index in [0.29, 0.717) is 16.9 Å². The van der Waals surface area contributed by atoms with Crippen molar-refractivity contribution in [2.75, 3.05) is 23.7 Å². The van der Waals surface area contributed by atoms with E-state index in [9.17, 15) is 24.5 Å². The van der Waals surface area contributed by atoms with E-state index in [1.807, 2.05) is 0 Å². The molecular weight excluding hydrogens is 472 g/mol. The van der Waals surface area contributed by atoms with Gasteiger partial charge in [0.25, 0.3) is 23.4 Å². The molecule has 0 unspecified atom stereocenters. The van der Waals surface area contributed by atoms with Crippen molar-refractivity contribution in [1.82, 2.24) is 19.9 Å². The molecule has 0 saturated heterocycles. The van der Waals surface area contributed by atoms with Gasteiger partial charge in [-0.1, -0.05) is 0 Å². The Kier molecular flexibility index (Phi) is 7.42. The lowest BCUT2D eigenvalue weighted by molar-refractivity contribution is -0.385. The average Bonchev–Trinajstić information content (AvgIpc) is 3.48. The second kappa shape index (κ2) is 10.5. The fraction of sp³-hybridized carbons (Fsp3) is 0.238. The number of nitro groups is 1. The van der Waals surface area contributed by atoms with Crippen LogP contribution >= 0.6 is 0 Å². The van der Waals surface area contributed by atoms with Gasteiger partial charge in [0.1, 0.15) is 17.1 Å². The summed E-state index contributed by atoms with van der Waals surface area (Å²) in [5.41, 5.74) is 12.3. The molecule has 3 heterocycles. The molecule has 15 nitrogen and oxygen atoms in total. The predicted octanol–water partition coefficient (Wildman–Crippen LogP) is 0.714. The number of carbonyl (C=O) groups is 3. The topological polar surface area (TPSA) is 231 Å². The Bertz CT molecular complexity index is 1360. The van der Waals surface area contributed by atoms with Gasteiger partial charge in [0.05, 0.1) is 34.6 Å². The lowest BCUT2D eigenvalue weighted by Gasteiger charge is -2.06. The Morgan fingerprint density at radius 1 is 1.06 bits per heavy atom. The number of hydrogen-bond donors (Lipinski definition) is 7. The quantitative estimate of drug-likeness (QED) is 0.0733. The van der Waals surface area contributed by atoms with Crippen LogP contribution in [-0.2, 0) is 7.05 Å². The molecule has 3 aromatic heterocycles. The van der Waals surface area contributed by atoms with Gasteiger partial charge in [-0.05, 0) is 19.9 Å². The summed E-state index contributed by atoms with van der Waals surface area (Å²) < 4.78 is 1.51. The number of aryl methyl sites for hydroxylation is 1. The molecule has 0 atom stereocenters. The number of nitrogens with two attached hydrogens (primary N) is 2. The SMILES string of the molecule is Cc1c(NC(=O)c2cc(NC(=O)c3[nH]cc([N+](=O)[O-])c3C)cn2C)c[nH]c1C(=O)NCCN=C(N)N. The fourth-order valence-corrected chi connectivity index (χ4v) is 3.45. The van der Waals surface area contributed by atoms with Crippen molar-refractivity contribution >= 4 is 40.7 Å². The number of carbonyl (C=O) groups excluding carboxylic acids is 3. The van der Waals surface area contributed by atoms with Gasteiger partial charge in [-0.25, -0.2) is 0 Å². The first-order valence-electron chi connectivity index (χ1n) is 10.6. The van der Waals surface area contributed by atoms with E-state index in [-0.39, 0.29) is 53.3 Å². The van der Waals surface area contributed by atoms with Crippen LogP contribution in [-0.4, -0.2) is 56.2 Å². The van der Waals surface area contributed by atoms with Gasteiger partial charge in [-0.3, -0.25) is 29.5 Å². The minimum atomic E-state index is -0.588. The summed E-state index contributed by atoms with van der Waals surface area (Å²) in [5.74, 6) is -1.53. The van der Waals surface area contributed by atoms with Crippen molar-refractivity contribution in [3.05, 3.63) is 63.0 Å². The van der Waals surface area contributed by atoms with Gasteiger partial charge in [0.15, 0.2) is 5.96 Å². The molecule has 15 heteroatoms. The Morgan fingerprint density at radius 2 is 1.72 bits per heavy atom. The molecule has 0 aromatic carbocycles. The zero-order valence-electron chi connectivity index (χ0n) is 19.8. The van der Waals surface area contributed by atoms with E-state index in [4.69, 9.17) is 11.5 Å². The highest BCUT2D eigenvalue weighted by molar-refractivity contribution is 6.08. The third kappa shape index (κ3) is 5.52. The fourth-order valence-electron chi connectivity index (χ4n) is 3.45. The number of rotatable bonds is 9. The minimum absolute atomic E-state index is 0.0450. The summed E-state index contributed by atoms with van der Waals surface area (Å²) in [5, 5.41) is 19.0. The van der Waals surface area contributed by atoms with Crippen LogP contribution in [0.3, 0.4) is 0 Å². The molecule has 0 fully saturated rings. The Hall–Kier alpha value is -5.08. The predicted molar refractivity (Wildman–Crippen MR) is 132 cm³/mol. The van der Waals surface area contributed by atoms with Crippen molar-refractivity contribution in [1.29, 1.82) is 0 Å². The van der Waals surface area contributed by atoms with Gasteiger partial charge in [-0.15, -0.1) is 0 Å². The van der Waals surface area contributed by atoms with Crippen LogP contribution in [0, 0.1) is 24.0 Å². The molecule has 0 aliphatic heterocycles. The lowest BCUT2D eigenvalue weighted by Crippen LogP contribution is -2.29. The van der Waals surface area contributed by atoms with Crippen LogP contribution in [0.2, 0.25) is 0 Å². The first-order valence-corrected chi connectivity index (χ1v) is 10.6. The summed E-state index contributed by atoms with van der Waals surface area (Å²) in [6, 6.07) is 1.46. The summed E-state index contributed by atoms with van der Waals surface area (Å²) in [4.78, 5) is 57.4. The Labute approximate surface area is 204 Å². The Balaban J connectivity index is 1.67. The molecule has 190 valence electrons. The van der Waals surface area contributed by atoms with Gasteiger partial charge >= 0.3 is 0 Å². The molecule has 9 N–H and O–H groups in total. The maximum absolute atomic E-state index is 12.9. The summed E-state index contributed by atoms with van der Waals surface area (Å²) in [6.07, 6.45) is 4.16. The normalized spacial score (nSPS) is 10.5. The third-order valence-corrected chi connectivity index (χ3v) is 5.34. The van der Waals surface area contributed by atoms with Crippen LogP contribution < -0.4 is 27.4 Å². The highest BCUT2D eigenvalue weighted by atomic mass is 16.6. The van der Waals surface area contributed by atoms with Crippen LogP contribution in [0.5, 0.6) is 0 Å². The number of H-pyrrole nitrogens is 2. The highest BCUT2D eigenvalue weighted by Gasteiger charge is 2.22. The van der Waals surface area contributed by atoms with Gasteiger partial charge in [0.2, 0.25) is 0 Å². The smallest absolute Gasteiger partial charge is 0.290 e. The maximum Gasteiger partial charge on any atom is 0.290 e. The van der Waals surface area contributed by atoms with E-state index in [1.54, 1.807) is 14.0 Å². The van der Waals surface area contributed by atoms with Gasteiger partial charge < -0.3 is 42.0 Å². The zero-order chi connectivity index (χ0) is 26.6. The van der Waals surface area contributed by atoms with Crippen molar-refractivity contribution in [3.63, 3.8) is 0 Å². The summed E-state index contributed by atoms with van der Waals surface area (Å²) in [6.45, 7) is 3.59. The first kappa shape index (κ1) is 25.5. The first-order chi connectivity index (χ1) is 17.0. The number of anilines is 2. The van der Waals surface area contributed by atoms with E-state index in [0.717, 1.165) is 6.20 Å². The molecule has 0 saturated carbocycles. The monoisotopic (exact) mass is 498 g/mol. The Morgan fingerprint density at radius 3 is 2.36 bits per heavy atom. The van der Waals surface area contributed by atoms with Crippen LogP contribution in [0.1, 0.15) is 42.6 Å². The number of aliphatic imine (C=N–C) groups is 1. The maximum atomic E-state index is 12.9. The van der Waals surface area contributed by atoms with Gasteiger partial charge in [0, 0.05) is 31.5 Å². The van der Waals surface area contributed by atoms with Crippen molar-refractivity contribution in [2.24, 2.45) is 23.5 Å². The van der Waals surface area contributed by atoms with Crippen molar-refractivity contribution < 1.29 is 19.3 Å². The molecule has 0 aliphatic carbocycles. The number of aromatic amines is 2. The molecule has 0 aliphatic rings. The number of nitrogens with zero attached hydrogens (tertiary/aromatic N) is 3. The van der Waals surface area contributed by atoms with Crippen LogP contribution in [0.4, 0.5) is 17.1 Å². The zero-order valence-corrected chi connectivity index (χ0v) is 19.8. The van der Waals surface area contributed by atoms with Crippen LogP contribution in [0.25, 0.3) is 0 Å². The molecule has 0 spiro atoms. The molecule has 0 radical (unpaired) electrons. The van der Waals surface area contributed by atoms with Crippen LogP contribution in [0.15, 0.2) is 29.6 Å². The summed E-state index contributed by atoms with van der Waals surface area (Å²) >= 11 is 0. The van der Waals surface area contributed by atoms with E-state index in [1.165, 1.54) is 30.0 Å². The number of amides is 3. The van der Waals surface area contributed by atoms with E-state index in [2.05, 4.69) is 30.9 Å². The second-order valence-electron chi connectivity index (χ2n) is 7.83. The molecule has 3 rings (SSSR count). The number of guanidine groups is 1. The molecule has 3 amide bonds. The molecule has 0 bridgehead atoms. The number of hydrogen-bond acceptors (Lipinski definition) is 6. The largest absolute Gasteiger partial charge is 0.370 e. The van der Waals surface area contributed by atoms with Crippen molar-refractivity contribution in [2.45, 2.75) is 13.8 Å². The standard InChI is InChI=1S/C21H26N10O5/c1-10-13(7-26-16(10)19(33)24-4-5-25-21(22)23)29-18(32)14-6-12(9-30(14)3)28-20(34)17-11(2)15(8-27-17)31(35)36/h6-9,26-27H,4-5H2,1-3H3,(H,24,33)(H,28,34)(H,29,32)(H4,22,23,25). The third-order valence-electron chi connectivity index (χ3n) is 5.34. The van der Waals surface area contributed by atoms with Crippen molar-refractivity contribution in [3.8, 4) is 0 Å². The molecular formula is C21H26N10O5. The highest BCUT2D eigenvalue weighted by Crippen LogP contribution is 2.23. The average molecular weight is 499 g/mol.